The topological polar surface area (TPSA) is 171 Å². The second kappa shape index (κ2) is 7.06. The van der Waals surface area contributed by atoms with Gasteiger partial charge in [-0.15, -0.1) is 0 Å². The minimum Gasteiger partial charge on any atom is -0.479 e. The van der Waals surface area contributed by atoms with Crippen molar-refractivity contribution < 1.29 is 52.0 Å². The fraction of sp³-hybridized carbons (Fsp3) is 0.857. The Hall–Kier alpha value is -0.380. The third kappa shape index (κ3) is 6.87. The molecular weight excluding hydrogens is 325 g/mol. The lowest BCUT2D eigenvalue weighted by Crippen LogP contribution is -2.44. The van der Waals surface area contributed by atoms with E-state index >= 15 is 0 Å². The Kier molecular flexibility index (Phi) is 6.92. The van der Waals surface area contributed by atoms with Crippen molar-refractivity contribution in [2.45, 2.75) is 31.5 Å². The van der Waals surface area contributed by atoms with Crippen LogP contribution in [0.1, 0.15) is 19.8 Å². The van der Waals surface area contributed by atoms with E-state index in [2.05, 4.69) is 8.83 Å². The van der Waals surface area contributed by atoms with E-state index in [1.807, 2.05) is 0 Å². The molecule has 0 radical (unpaired) electrons. The zero-order valence-electron chi connectivity index (χ0n) is 10.2. The molecule has 0 saturated heterocycles. The van der Waals surface area contributed by atoms with Gasteiger partial charge in [0.1, 0.15) is 5.60 Å². The molecule has 0 aliphatic rings. The van der Waals surface area contributed by atoms with Crippen molar-refractivity contribution >= 4 is 21.6 Å². The molecule has 10 nitrogen and oxygen atoms in total. The van der Waals surface area contributed by atoms with Gasteiger partial charge < -0.3 is 24.9 Å². The van der Waals surface area contributed by atoms with Crippen LogP contribution in [-0.2, 0) is 22.8 Å². The molecule has 0 rings (SSSR count). The Balaban J connectivity index is 4.58. The summed E-state index contributed by atoms with van der Waals surface area (Å²) in [5, 5.41) is 18.1. The zero-order chi connectivity index (χ0) is 16.2. The molecule has 13 heteroatoms. The SMILES string of the molecule is CCC(O)(CCOP(=O)(O)OP(=O)(O)O)C(F)C(=O)O. The van der Waals surface area contributed by atoms with Crippen molar-refractivity contribution in [3.05, 3.63) is 0 Å². The number of aliphatic hydroxyl groups is 1. The molecule has 3 atom stereocenters. The Labute approximate surface area is 113 Å². The third-order valence-corrected chi connectivity index (χ3v) is 4.48. The standard InChI is InChI=1S/C7H15FO10P2/c1-2-7(11,5(8)6(9)10)3-4-17-20(15,16)18-19(12,13)14/h5,11H,2-4H2,1H3,(H,9,10)(H,15,16)(H2,12,13,14). The second-order valence-corrected chi connectivity index (χ2v) is 6.61. The van der Waals surface area contributed by atoms with E-state index in [9.17, 15) is 23.4 Å². The smallest absolute Gasteiger partial charge is 0.479 e. The number of phosphoric acid groups is 2. The van der Waals surface area contributed by atoms with E-state index in [0.29, 0.717) is 0 Å². The van der Waals surface area contributed by atoms with Crippen LogP contribution in [0.5, 0.6) is 0 Å². The lowest BCUT2D eigenvalue weighted by atomic mass is 9.91. The van der Waals surface area contributed by atoms with Crippen molar-refractivity contribution in [2.24, 2.45) is 0 Å². The van der Waals surface area contributed by atoms with Gasteiger partial charge in [-0.3, -0.25) is 4.52 Å². The average Bonchev–Trinajstić information content (AvgIpc) is 2.23. The van der Waals surface area contributed by atoms with E-state index < -0.39 is 46.4 Å². The van der Waals surface area contributed by atoms with E-state index in [0.717, 1.165) is 0 Å². The number of aliphatic carboxylic acids is 1. The number of alkyl halides is 1. The number of carbonyl (C=O) groups is 1. The van der Waals surface area contributed by atoms with Gasteiger partial charge in [0.2, 0.25) is 6.17 Å². The Morgan fingerprint density at radius 2 is 1.85 bits per heavy atom. The predicted octanol–water partition coefficient (Wildman–Crippen LogP) is 0.167. The van der Waals surface area contributed by atoms with Crippen LogP contribution in [0.3, 0.4) is 0 Å². The minimum atomic E-state index is -5.28. The van der Waals surface area contributed by atoms with Crippen LogP contribution in [0.4, 0.5) is 4.39 Å². The van der Waals surface area contributed by atoms with Crippen molar-refractivity contribution in [1.82, 2.24) is 0 Å². The maximum atomic E-state index is 13.3. The Bertz CT molecular complexity index is 435. The first-order chi connectivity index (χ1) is 8.83. The molecule has 0 spiro atoms. The number of halogens is 1. The van der Waals surface area contributed by atoms with Gasteiger partial charge in [-0.05, 0) is 6.42 Å². The van der Waals surface area contributed by atoms with Crippen molar-refractivity contribution in [2.75, 3.05) is 6.61 Å². The summed E-state index contributed by atoms with van der Waals surface area (Å²) in [5.74, 6) is -1.92. The molecule has 0 fully saturated rings. The number of phosphoric ester groups is 1. The highest BCUT2D eigenvalue weighted by Gasteiger charge is 2.41. The van der Waals surface area contributed by atoms with Crippen LogP contribution in [0.15, 0.2) is 0 Å². The second-order valence-electron chi connectivity index (χ2n) is 3.78. The van der Waals surface area contributed by atoms with Gasteiger partial charge in [-0.2, -0.15) is 4.31 Å². The number of hydrogen-bond donors (Lipinski definition) is 5. The molecule has 0 bridgehead atoms. The summed E-state index contributed by atoms with van der Waals surface area (Å²) >= 11 is 0. The maximum Gasteiger partial charge on any atom is 0.481 e. The summed E-state index contributed by atoms with van der Waals surface area (Å²) in [6, 6.07) is 0. The lowest BCUT2D eigenvalue weighted by molar-refractivity contribution is -0.155. The Morgan fingerprint density at radius 3 is 2.20 bits per heavy atom. The first-order valence-electron chi connectivity index (χ1n) is 5.16. The summed E-state index contributed by atoms with van der Waals surface area (Å²) in [7, 11) is -10.4. The molecule has 120 valence electrons. The van der Waals surface area contributed by atoms with Gasteiger partial charge in [0.05, 0.1) is 6.61 Å². The quantitative estimate of drug-likeness (QED) is 0.364. The van der Waals surface area contributed by atoms with Crippen molar-refractivity contribution in [1.29, 1.82) is 0 Å². The van der Waals surface area contributed by atoms with E-state index in [4.69, 9.17) is 19.8 Å². The molecule has 0 amide bonds. The van der Waals surface area contributed by atoms with Gasteiger partial charge in [0.25, 0.3) is 0 Å². The van der Waals surface area contributed by atoms with Crippen LogP contribution in [0.2, 0.25) is 0 Å². The molecule has 0 aromatic rings. The molecule has 0 aliphatic heterocycles. The third-order valence-electron chi connectivity index (χ3n) is 2.30. The summed E-state index contributed by atoms with van der Waals surface area (Å²) in [4.78, 5) is 36.0. The van der Waals surface area contributed by atoms with E-state index in [1.54, 1.807) is 0 Å². The first kappa shape index (κ1) is 19.6. The van der Waals surface area contributed by atoms with Gasteiger partial charge in [-0.1, -0.05) is 6.92 Å². The molecular formula is C7H15FO10P2. The van der Waals surface area contributed by atoms with Crippen LogP contribution in [0.25, 0.3) is 0 Å². The van der Waals surface area contributed by atoms with Gasteiger partial charge >= 0.3 is 21.6 Å². The molecule has 0 aromatic heterocycles. The van der Waals surface area contributed by atoms with Gasteiger partial charge in [-0.25, -0.2) is 18.3 Å². The normalized spacial score (nSPS) is 19.9. The zero-order valence-corrected chi connectivity index (χ0v) is 12.0. The van der Waals surface area contributed by atoms with E-state index in [1.165, 1.54) is 6.92 Å². The first-order valence-corrected chi connectivity index (χ1v) is 8.19. The molecule has 0 saturated carbocycles. The summed E-state index contributed by atoms with van der Waals surface area (Å²) < 4.78 is 42.2. The lowest BCUT2D eigenvalue weighted by Gasteiger charge is -2.27. The highest BCUT2D eigenvalue weighted by molar-refractivity contribution is 7.60. The summed E-state index contributed by atoms with van der Waals surface area (Å²) in [6.07, 6.45) is -3.69. The number of hydrogen-bond acceptors (Lipinski definition) is 6. The molecule has 0 aromatic carbocycles. The summed E-state index contributed by atoms with van der Waals surface area (Å²) in [5.41, 5.74) is -2.35. The number of rotatable bonds is 9. The predicted molar refractivity (Wildman–Crippen MR) is 61.3 cm³/mol. The molecule has 20 heavy (non-hydrogen) atoms. The van der Waals surface area contributed by atoms with Gasteiger partial charge in [0, 0.05) is 6.42 Å². The molecule has 0 heterocycles. The fourth-order valence-electron chi connectivity index (χ4n) is 1.21. The number of carboxylic acid groups (broad SMARTS) is 1. The fourth-order valence-corrected chi connectivity index (χ4v) is 2.79. The van der Waals surface area contributed by atoms with Crippen LogP contribution in [-0.4, -0.2) is 49.2 Å². The largest absolute Gasteiger partial charge is 0.481 e. The highest BCUT2D eigenvalue weighted by atomic mass is 31.3. The van der Waals surface area contributed by atoms with Crippen LogP contribution >= 0.6 is 15.6 Å². The van der Waals surface area contributed by atoms with Crippen molar-refractivity contribution in [3.63, 3.8) is 0 Å². The van der Waals surface area contributed by atoms with Crippen LogP contribution in [0, 0.1) is 0 Å². The van der Waals surface area contributed by atoms with Gasteiger partial charge in [0.15, 0.2) is 0 Å². The summed E-state index contributed by atoms with van der Waals surface area (Å²) in [6.45, 7) is 0.423. The maximum absolute atomic E-state index is 13.3. The minimum absolute atomic E-state index is 0.334. The highest BCUT2D eigenvalue weighted by Crippen LogP contribution is 2.57. The van der Waals surface area contributed by atoms with Crippen LogP contribution < -0.4 is 0 Å². The molecule has 3 unspecified atom stereocenters. The average molecular weight is 340 g/mol. The number of carboxylic acids is 1. The monoisotopic (exact) mass is 340 g/mol. The molecule has 5 N–H and O–H groups in total. The molecule has 0 aliphatic carbocycles. The Morgan fingerprint density at radius 1 is 1.35 bits per heavy atom. The van der Waals surface area contributed by atoms with E-state index in [-0.39, 0.29) is 6.42 Å². The van der Waals surface area contributed by atoms with Crippen molar-refractivity contribution in [3.8, 4) is 0 Å².